The van der Waals surface area contributed by atoms with Gasteiger partial charge in [0.2, 0.25) is 0 Å². The lowest BCUT2D eigenvalue weighted by molar-refractivity contribution is 0.180. The van der Waals surface area contributed by atoms with Crippen LogP contribution in [-0.4, -0.2) is 26.4 Å². The molecule has 2 aromatic rings. The number of aromatic nitrogens is 2. The molecule has 1 atom stereocenters. The maximum atomic E-state index is 9.60. The average molecular weight is 241 g/mol. The molecule has 0 amide bonds. The summed E-state index contributed by atoms with van der Waals surface area (Å²) >= 11 is 5.88. The molecule has 4 nitrogen and oxygen atoms in total. The molecule has 16 heavy (non-hydrogen) atoms. The van der Waals surface area contributed by atoms with Gasteiger partial charge in [0.15, 0.2) is 0 Å². The van der Waals surface area contributed by atoms with Crippen LogP contribution in [0.3, 0.4) is 0 Å². The normalized spacial score (nSPS) is 13.2. The molecule has 0 radical (unpaired) electrons. The summed E-state index contributed by atoms with van der Waals surface area (Å²) in [6.45, 7) is 2.07. The van der Waals surface area contributed by atoms with Gasteiger partial charge in [0.05, 0.1) is 17.6 Å². The third kappa shape index (κ3) is 1.91. The minimum atomic E-state index is -0.669. The predicted molar refractivity (Wildman–Crippen MR) is 62.5 cm³/mol. The fourth-order valence-corrected chi connectivity index (χ4v) is 1.94. The second-order valence-electron chi connectivity index (χ2n) is 3.65. The Labute approximate surface area is 98.1 Å². The number of aliphatic hydroxyl groups is 2. The number of imidazole rings is 1. The third-order valence-electron chi connectivity index (χ3n) is 2.44. The average Bonchev–Trinajstić information content (AvgIpc) is 2.57. The molecular weight excluding hydrogens is 228 g/mol. The van der Waals surface area contributed by atoms with Gasteiger partial charge in [0.25, 0.3) is 0 Å². The Hall–Kier alpha value is -1.10. The molecule has 1 aromatic heterocycles. The monoisotopic (exact) mass is 240 g/mol. The van der Waals surface area contributed by atoms with Crippen molar-refractivity contribution in [3.05, 3.63) is 29.0 Å². The molecule has 86 valence electrons. The summed E-state index contributed by atoms with van der Waals surface area (Å²) in [5.41, 5.74) is 1.60. The fourth-order valence-electron chi connectivity index (χ4n) is 1.78. The minimum absolute atomic E-state index is 0.00774. The smallest absolute Gasteiger partial charge is 0.138 e. The molecule has 1 heterocycles. The van der Waals surface area contributed by atoms with Crippen LogP contribution in [0.5, 0.6) is 0 Å². The lowest BCUT2D eigenvalue weighted by Gasteiger charge is -2.08. The van der Waals surface area contributed by atoms with Crippen LogP contribution < -0.4 is 0 Å². The van der Waals surface area contributed by atoms with Gasteiger partial charge < -0.3 is 14.8 Å². The molecule has 1 aromatic carbocycles. The predicted octanol–water partition coefficient (Wildman–Crippen LogP) is 1.74. The van der Waals surface area contributed by atoms with Crippen LogP contribution in [0.1, 0.15) is 18.9 Å². The quantitative estimate of drug-likeness (QED) is 0.859. The molecule has 0 fully saturated rings. The second-order valence-corrected chi connectivity index (χ2v) is 4.09. The van der Waals surface area contributed by atoms with Gasteiger partial charge in [-0.1, -0.05) is 11.6 Å². The van der Waals surface area contributed by atoms with Crippen LogP contribution in [0.4, 0.5) is 0 Å². The summed E-state index contributed by atoms with van der Waals surface area (Å²) in [6.07, 6.45) is -0.669. The van der Waals surface area contributed by atoms with E-state index in [9.17, 15) is 5.11 Å². The zero-order valence-corrected chi connectivity index (χ0v) is 9.65. The molecule has 0 saturated heterocycles. The topological polar surface area (TPSA) is 58.3 Å². The Bertz CT molecular complexity index is 508. The lowest BCUT2D eigenvalue weighted by atomic mass is 10.3. The van der Waals surface area contributed by atoms with Crippen LogP contribution >= 0.6 is 11.6 Å². The highest BCUT2D eigenvalue weighted by Crippen LogP contribution is 2.23. The van der Waals surface area contributed by atoms with Crippen LogP contribution in [0.15, 0.2) is 18.2 Å². The second kappa shape index (κ2) is 4.41. The lowest BCUT2D eigenvalue weighted by Crippen LogP contribution is -2.09. The molecule has 5 heteroatoms. The van der Waals surface area contributed by atoms with Gasteiger partial charge in [-0.05, 0) is 25.1 Å². The van der Waals surface area contributed by atoms with E-state index in [-0.39, 0.29) is 6.61 Å². The summed E-state index contributed by atoms with van der Waals surface area (Å²) in [4.78, 5) is 4.31. The van der Waals surface area contributed by atoms with Crippen molar-refractivity contribution >= 4 is 22.6 Å². The van der Waals surface area contributed by atoms with E-state index in [2.05, 4.69) is 4.98 Å². The van der Waals surface area contributed by atoms with Gasteiger partial charge in [0, 0.05) is 11.6 Å². The first-order chi connectivity index (χ1) is 7.63. The fraction of sp³-hybridized carbons (Fsp3) is 0.364. The van der Waals surface area contributed by atoms with Crippen molar-refractivity contribution < 1.29 is 10.2 Å². The number of benzene rings is 1. The van der Waals surface area contributed by atoms with E-state index in [1.165, 1.54) is 0 Å². The number of nitrogens with zero attached hydrogens (tertiary/aromatic N) is 2. The van der Waals surface area contributed by atoms with E-state index < -0.39 is 6.10 Å². The zero-order chi connectivity index (χ0) is 11.7. The van der Waals surface area contributed by atoms with Gasteiger partial charge in [0.1, 0.15) is 11.9 Å². The van der Waals surface area contributed by atoms with Crippen LogP contribution in [0.25, 0.3) is 11.0 Å². The number of aliphatic hydroxyl groups excluding tert-OH is 2. The van der Waals surface area contributed by atoms with Crippen molar-refractivity contribution in [2.75, 3.05) is 6.61 Å². The molecule has 0 aliphatic heterocycles. The van der Waals surface area contributed by atoms with E-state index in [1.54, 1.807) is 23.6 Å². The molecule has 0 aliphatic rings. The first kappa shape index (κ1) is 11.4. The van der Waals surface area contributed by atoms with Crippen LogP contribution in [0.2, 0.25) is 5.02 Å². The standard InChI is InChI=1S/C11H13ClN2O2/c1-7(16)11-13-9-6-8(12)2-3-10(9)14(11)4-5-15/h2-3,6-7,15-16H,4-5H2,1H3. The Morgan fingerprint density at radius 3 is 2.88 bits per heavy atom. The largest absolute Gasteiger partial charge is 0.395 e. The van der Waals surface area contributed by atoms with Crippen molar-refractivity contribution in [1.29, 1.82) is 0 Å². The number of hydrogen-bond acceptors (Lipinski definition) is 3. The number of halogens is 1. The van der Waals surface area contributed by atoms with Gasteiger partial charge >= 0.3 is 0 Å². The Morgan fingerprint density at radius 2 is 2.25 bits per heavy atom. The minimum Gasteiger partial charge on any atom is -0.395 e. The summed E-state index contributed by atoms with van der Waals surface area (Å²) in [5.74, 6) is 0.548. The highest BCUT2D eigenvalue weighted by atomic mass is 35.5. The van der Waals surface area contributed by atoms with Crippen molar-refractivity contribution in [3.63, 3.8) is 0 Å². The van der Waals surface area contributed by atoms with Crippen LogP contribution in [0, 0.1) is 0 Å². The summed E-state index contributed by atoms with van der Waals surface area (Å²) in [6, 6.07) is 5.36. The van der Waals surface area contributed by atoms with Gasteiger partial charge in [-0.3, -0.25) is 0 Å². The van der Waals surface area contributed by atoms with E-state index in [4.69, 9.17) is 16.7 Å². The van der Waals surface area contributed by atoms with E-state index in [1.807, 2.05) is 6.07 Å². The van der Waals surface area contributed by atoms with E-state index in [0.717, 1.165) is 11.0 Å². The molecule has 0 bridgehead atoms. The zero-order valence-electron chi connectivity index (χ0n) is 8.89. The maximum Gasteiger partial charge on any atom is 0.138 e. The van der Waals surface area contributed by atoms with Gasteiger partial charge in [-0.15, -0.1) is 0 Å². The molecule has 2 rings (SSSR count). The van der Waals surface area contributed by atoms with Crippen molar-refractivity contribution in [3.8, 4) is 0 Å². The molecule has 0 saturated carbocycles. The van der Waals surface area contributed by atoms with Crippen molar-refractivity contribution in [2.45, 2.75) is 19.6 Å². The number of rotatable bonds is 3. The number of hydrogen-bond donors (Lipinski definition) is 2. The first-order valence-electron chi connectivity index (χ1n) is 5.08. The van der Waals surface area contributed by atoms with E-state index >= 15 is 0 Å². The molecule has 1 unspecified atom stereocenters. The van der Waals surface area contributed by atoms with E-state index in [0.29, 0.717) is 17.4 Å². The van der Waals surface area contributed by atoms with Crippen molar-refractivity contribution in [1.82, 2.24) is 9.55 Å². The Morgan fingerprint density at radius 1 is 1.50 bits per heavy atom. The molecule has 0 aliphatic carbocycles. The SMILES string of the molecule is CC(O)c1nc2cc(Cl)ccc2n1CCO. The number of fused-ring (bicyclic) bond motifs is 1. The Balaban J connectivity index is 2.65. The first-order valence-corrected chi connectivity index (χ1v) is 5.46. The third-order valence-corrected chi connectivity index (χ3v) is 2.67. The highest BCUT2D eigenvalue weighted by molar-refractivity contribution is 6.31. The van der Waals surface area contributed by atoms with Gasteiger partial charge in [-0.25, -0.2) is 4.98 Å². The highest BCUT2D eigenvalue weighted by Gasteiger charge is 2.14. The van der Waals surface area contributed by atoms with Crippen molar-refractivity contribution in [2.24, 2.45) is 0 Å². The van der Waals surface area contributed by atoms with Crippen LogP contribution in [-0.2, 0) is 6.54 Å². The molecular formula is C11H13ClN2O2. The maximum absolute atomic E-state index is 9.60. The Kier molecular flexibility index (Phi) is 3.14. The van der Waals surface area contributed by atoms with Gasteiger partial charge in [-0.2, -0.15) is 0 Å². The summed E-state index contributed by atoms with van der Waals surface area (Å²) in [5, 5.41) is 19.2. The molecule has 0 spiro atoms. The summed E-state index contributed by atoms with van der Waals surface area (Å²) in [7, 11) is 0. The molecule has 2 N–H and O–H groups in total. The summed E-state index contributed by atoms with van der Waals surface area (Å²) < 4.78 is 1.80.